The molecular formula is H5N2O2Sr+. The fourth-order valence-electron chi connectivity index (χ4n) is 0. The molecule has 0 aromatic heterocycles. The van der Waals surface area contributed by atoms with Gasteiger partial charge in [0.25, 0.3) is 0 Å². The van der Waals surface area contributed by atoms with E-state index in [0.29, 0.717) is 0 Å². The third kappa shape index (κ3) is 72.6. The van der Waals surface area contributed by atoms with Gasteiger partial charge < -0.3 is 0 Å². The van der Waals surface area contributed by atoms with Gasteiger partial charge >= 0.3 is 50.5 Å². The normalized spacial score (nSPS) is 4.80. The molecule has 5 heavy (non-hydrogen) atoms. The Morgan fingerprint density at radius 1 is 1.40 bits per heavy atom. The van der Waals surface area contributed by atoms with Crippen molar-refractivity contribution in [1.29, 1.82) is 5.53 Å². The van der Waals surface area contributed by atoms with Crippen LogP contribution in [0.15, 0.2) is 0 Å². The second-order valence-electron chi connectivity index (χ2n) is 0.289. The van der Waals surface area contributed by atoms with Crippen LogP contribution in [-0.2, 0) is 0 Å². The third-order valence-electron chi connectivity index (χ3n) is 0. The van der Waals surface area contributed by atoms with Crippen molar-refractivity contribution in [3.05, 3.63) is 0 Å². The Bertz CT molecular complexity index is 30.6. The van der Waals surface area contributed by atoms with Crippen molar-refractivity contribution in [2.24, 2.45) is 0 Å². The van der Waals surface area contributed by atoms with Crippen LogP contribution in [0.25, 0.3) is 0 Å². The second-order valence-corrected chi connectivity index (χ2v) is 0.289. The van der Waals surface area contributed by atoms with Crippen LogP contribution in [0.3, 0.4) is 0 Å². The average molecular weight is 153 g/mol. The summed E-state index contributed by atoms with van der Waals surface area (Å²) in [6, 6.07) is 0. The van der Waals surface area contributed by atoms with Crippen LogP contribution < -0.4 is 0 Å². The Morgan fingerprint density at radius 3 is 1.40 bits per heavy atom. The first-order chi connectivity index (χ1) is 1.73. The van der Waals surface area contributed by atoms with E-state index in [0.717, 1.165) is 0 Å². The van der Waals surface area contributed by atoms with Crippen molar-refractivity contribution in [2.45, 2.75) is 0 Å². The van der Waals surface area contributed by atoms with Crippen molar-refractivity contribution in [3.8, 4) is 0 Å². The van der Waals surface area contributed by atoms with Gasteiger partial charge in [0.05, 0.1) is 0 Å². The van der Waals surface area contributed by atoms with Crippen LogP contribution in [0.1, 0.15) is 0 Å². The van der Waals surface area contributed by atoms with E-state index >= 15 is 0 Å². The molecule has 28 valence electrons. The van der Waals surface area contributed by atoms with E-state index < -0.39 is 5.02 Å². The molecule has 3 N–H and O–H groups in total. The van der Waals surface area contributed by atoms with Gasteiger partial charge in [0.2, 0.25) is 0 Å². The Hall–Kier alpha value is 0.681. The topological polar surface area (TPSA) is 67.3 Å². The molecular weight excluding hydrogens is 148 g/mol. The first-order valence-electron chi connectivity index (χ1n) is 0.624. The predicted octanol–water partition coefficient (Wildman–Crippen LogP) is -1.11. The van der Waals surface area contributed by atoms with E-state index in [1.807, 2.05) is 0 Å². The number of rotatable bonds is 0. The van der Waals surface area contributed by atoms with Gasteiger partial charge in [-0.2, -0.15) is 0 Å². The number of nitrogens with zero attached hydrogens (tertiary/aromatic N) is 1. The number of hydrogen-bond acceptors (Lipinski definition) is 1. The van der Waals surface area contributed by atoms with Crippen molar-refractivity contribution in [3.63, 3.8) is 0 Å². The van der Waals surface area contributed by atoms with Gasteiger partial charge in [0, 0.05) is 5.53 Å². The van der Waals surface area contributed by atoms with Gasteiger partial charge in [-0.25, -0.2) is 10.4 Å². The minimum absolute atomic E-state index is 0. The van der Waals surface area contributed by atoms with Crippen LogP contribution in [0, 0.1) is 5.53 Å². The molecule has 0 radical (unpaired) electrons. The van der Waals surface area contributed by atoms with Crippen LogP contribution in [0.4, 0.5) is 0 Å². The van der Waals surface area contributed by atoms with E-state index in [1.54, 1.807) is 0 Å². The zero-order valence-corrected chi connectivity index (χ0v) is 1.84. The predicted molar refractivity (Wildman–Crippen MR) is 15.1 cm³/mol. The van der Waals surface area contributed by atoms with E-state index in [4.69, 9.17) is 15.9 Å². The molecule has 0 aliphatic heterocycles. The van der Waals surface area contributed by atoms with Gasteiger partial charge in [0.15, 0.2) is 0 Å². The van der Waals surface area contributed by atoms with Crippen LogP contribution in [-0.4, -0.2) is 60.9 Å². The maximum atomic E-state index is 7.11. The molecule has 0 unspecified atom stereocenters. The summed E-state index contributed by atoms with van der Waals surface area (Å²) in [5.41, 5.74) is 5.53. The number of nitrogens with one attached hydrogen (secondary N) is 1. The van der Waals surface area contributed by atoms with Crippen molar-refractivity contribution < 1.29 is 15.4 Å². The van der Waals surface area contributed by atoms with Gasteiger partial charge in [-0.3, -0.25) is 0 Å². The van der Waals surface area contributed by atoms with E-state index in [9.17, 15) is 0 Å². The molecule has 0 aromatic carbocycles. The second kappa shape index (κ2) is 4.68. The fourth-order valence-corrected chi connectivity index (χ4v) is 0. The molecule has 0 amide bonds. The van der Waals surface area contributed by atoms with E-state index in [2.05, 4.69) is 0 Å². The molecule has 0 aliphatic carbocycles. The Balaban J connectivity index is 0. The molecule has 4 nitrogen and oxygen atoms in total. The third-order valence-corrected chi connectivity index (χ3v) is 0. The van der Waals surface area contributed by atoms with E-state index in [1.165, 1.54) is 0 Å². The summed E-state index contributed by atoms with van der Waals surface area (Å²) in [5, 5.41) is 13.5. The Kier molecular flexibility index (Phi) is 8.60. The molecule has 0 rings (SSSR count). The van der Waals surface area contributed by atoms with Crippen LogP contribution >= 0.6 is 0 Å². The Labute approximate surface area is 65.7 Å². The quantitative estimate of drug-likeness (QED) is 0.234. The average Bonchev–Trinajstić information content (AvgIpc) is 0.811. The molecule has 0 aromatic rings. The fraction of sp³-hybridized carbons (Fsp3) is 0. The maximum absolute atomic E-state index is 7.11. The van der Waals surface area contributed by atoms with Crippen molar-refractivity contribution in [2.75, 3.05) is 0 Å². The number of hydrogen-bond donors (Lipinski definition) is 3. The molecule has 0 atom stereocenters. The van der Waals surface area contributed by atoms with E-state index in [-0.39, 0.29) is 45.5 Å². The SMILES string of the molecule is N=[N+](O)O.[SrH2]. The molecule has 0 fully saturated rings. The first-order valence-corrected chi connectivity index (χ1v) is 0.624. The first kappa shape index (κ1) is 9.19. The summed E-state index contributed by atoms with van der Waals surface area (Å²) >= 11 is 0. The molecule has 0 saturated heterocycles. The zero-order valence-electron chi connectivity index (χ0n) is 1.84. The summed E-state index contributed by atoms with van der Waals surface area (Å²) < 4.78 is 0. The molecule has 0 heterocycles. The molecule has 0 aliphatic rings. The summed E-state index contributed by atoms with van der Waals surface area (Å²) in [5.74, 6) is 0. The summed E-state index contributed by atoms with van der Waals surface area (Å²) in [7, 11) is 0. The minimum atomic E-state index is -0.750. The van der Waals surface area contributed by atoms with Crippen molar-refractivity contribution >= 4 is 45.5 Å². The summed E-state index contributed by atoms with van der Waals surface area (Å²) in [6.45, 7) is 0. The van der Waals surface area contributed by atoms with Gasteiger partial charge in [0.1, 0.15) is 0 Å². The van der Waals surface area contributed by atoms with Crippen LogP contribution in [0.2, 0.25) is 0 Å². The monoisotopic (exact) mass is 153 g/mol. The van der Waals surface area contributed by atoms with Gasteiger partial charge in [-0.15, -0.1) is 0 Å². The zero-order chi connectivity index (χ0) is 3.58. The molecule has 0 spiro atoms. The summed E-state index contributed by atoms with van der Waals surface area (Å²) in [4.78, 5) is 0. The summed E-state index contributed by atoms with van der Waals surface area (Å²) in [6.07, 6.45) is 0. The van der Waals surface area contributed by atoms with Crippen molar-refractivity contribution in [1.82, 2.24) is 0 Å². The molecule has 0 bridgehead atoms. The Morgan fingerprint density at radius 2 is 1.40 bits per heavy atom. The van der Waals surface area contributed by atoms with Crippen LogP contribution in [0.5, 0.6) is 0 Å². The molecule has 5 heteroatoms. The standard InChI is InChI=1S/H3N2O2.Sr.2H/c1-2(3)4;;;/h(H3,1,3,4);;;/q+1;;;. The van der Waals surface area contributed by atoms with Gasteiger partial charge in [-0.1, -0.05) is 0 Å². The van der Waals surface area contributed by atoms with Gasteiger partial charge in [-0.05, 0) is 0 Å². The molecule has 0 saturated carbocycles.